The highest BCUT2D eigenvalue weighted by atomic mass is 79.9. The Morgan fingerprint density at radius 1 is 1.47 bits per heavy atom. The van der Waals surface area contributed by atoms with Gasteiger partial charge in [-0.25, -0.2) is 0 Å². The average Bonchev–Trinajstić information content (AvgIpc) is 2.78. The van der Waals surface area contributed by atoms with Crippen molar-refractivity contribution in [3.63, 3.8) is 0 Å². The predicted octanol–water partition coefficient (Wildman–Crippen LogP) is 2.77. The van der Waals surface area contributed by atoms with Gasteiger partial charge in [0.1, 0.15) is 0 Å². The minimum atomic E-state index is 0.130. The molecule has 0 aliphatic carbocycles. The second-order valence-corrected chi connectivity index (χ2v) is 5.52. The van der Waals surface area contributed by atoms with Crippen LogP contribution >= 0.6 is 15.9 Å². The summed E-state index contributed by atoms with van der Waals surface area (Å²) < 4.78 is 8.07. The number of unbranched alkanes of at least 4 members (excludes halogenated alkanes) is 3. The van der Waals surface area contributed by atoms with Crippen molar-refractivity contribution in [3.8, 4) is 0 Å². The Bertz CT molecular complexity index is 356. The van der Waals surface area contributed by atoms with Crippen molar-refractivity contribution >= 4 is 15.9 Å². The molecule has 0 aliphatic heterocycles. The van der Waals surface area contributed by atoms with E-state index in [-0.39, 0.29) is 6.04 Å². The van der Waals surface area contributed by atoms with Crippen molar-refractivity contribution in [3.05, 3.63) is 16.4 Å². The number of ether oxygens (including phenoxy) is 1. The van der Waals surface area contributed by atoms with Gasteiger partial charge in [-0.1, -0.05) is 32.6 Å². The molecule has 1 heterocycles. The lowest BCUT2D eigenvalue weighted by Gasteiger charge is -2.18. The minimum absolute atomic E-state index is 0.130. The highest BCUT2D eigenvalue weighted by Crippen LogP contribution is 2.26. The molecule has 1 atom stereocenters. The van der Waals surface area contributed by atoms with Crippen LogP contribution in [0.25, 0.3) is 0 Å². The molecular weight excluding hydrogens is 308 g/mol. The molecule has 0 saturated carbocycles. The molecule has 6 heteroatoms. The Morgan fingerprint density at radius 2 is 2.26 bits per heavy atom. The lowest BCUT2D eigenvalue weighted by atomic mass is 10.1. The van der Waals surface area contributed by atoms with Gasteiger partial charge in [0.2, 0.25) is 0 Å². The zero-order valence-electron chi connectivity index (χ0n) is 11.9. The lowest BCUT2D eigenvalue weighted by molar-refractivity contribution is 0.181. The maximum absolute atomic E-state index is 5.70. The highest BCUT2D eigenvalue weighted by Gasteiger charge is 2.18. The maximum atomic E-state index is 5.70. The van der Waals surface area contributed by atoms with Crippen LogP contribution in [0, 0.1) is 0 Å². The molecule has 1 aromatic heterocycles. The maximum Gasteiger partial charge on any atom is 0.0710 e. The fourth-order valence-electron chi connectivity index (χ4n) is 2.15. The smallest absolute Gasteiger partial charge is 0.0710 e. The summed E-state index contributed by atoms with van der Waals surface area (Å²) in [6, 6.07) is 0.130. The van der Waals surface area contributed by atoms with E-state index >= 15 is 0 Å². The van der Waals surface area contributed by atoms with Gasteiger partial charge in [-0.15, -0.1) is 0 Å². The first-order valence-corrected chi connectivity index (χ1v) is 7.70. The van der Waals surface area contributed by atoms with Gasteiger partial charge in [0.05, 0.1) is 35.6 Å². The summed E-state index contributed by atoms with van der Waals surface area (Å²) in [4.78, 5) is 0. The molecule has 0 bridgehead atoms. The van der Waals surface area contributed by atoms with Gasteiger partial charge < -0.3 is 4.74 Å². The van der Waals surface area contributed by atoms with Gasteiger partial charge in [0.25, 0.3) is 0 Å². The topological polar surface area (TPSA) is 65.1 Å². The van der Waals surface area contributed by atoms with E-state index in [2.05, 4.69) is 33.4 Å². The van der Waals surface area contributed by atoms with E-state index in [1.165, 1.54) is 25.7 Å². The van der Waals surface area contributed by atoms with Crippen molar-refractivity contribution in [2.45, 2.75) is 51.6 Å². The molecule has 3 N–H and O–H groups in total. The molecule has 1 rings (SSSR count). The van der Waals surface area contributed by atoms with E-state index in [9.17, 15) is 0 Å². The number of halogens is 1. The SMILES string of the molecule is CCCCCCC(NN)c1c(Br)cnn1CCOC. The third-order valence-corrected chi connectivity index (χ3v) is 3.83. The van der Waals surface area contributed by atoms with Crippen LogP contribution in [0.15, 0.2) is 10.7 Å². The molecule has 0 aromatic carbocycles. The highest BCUT2D eigenvalue weighted by molar-refractivity contribution is 9.10. The van der Waals surface area contributed by atoms with Gasteiger partial charge in [-0.3, -0.25) is 16.0 Å². The molecule has 0 fully saturated rings. The van der Waals surface area contributed by atoms with Crippen LogP contribution in [0.4, 0.5) is 0 Å². The van der Waals surface area contributed by atoms with Gasteiger partial charge in [-0.05, 0) is 22.4 Å². The molecule has 0 spiro atoms. The van der Waals surface area contributed by atoms with Crippen molar-refractivity contribution < 1.29 is 4.74 Å². The molecule has 0 aliphatic rings. The summed E-state index contributed by atoms with van der Waals surface area (Å²) in [6.07, 6.45) is 7.79. The molecule has 1 unspecified atom stereocenters. The largest absolute Gasteiger partial charge is 0.383 e. The Labute approximate surface area is 124 Å². The van der Waals surface area contributed by atoms with Crippen LogP contribution in [0.1, 0.15) is 50.8 Å². The van der Waals surface area contributed by atoms with Gasteiger partial charge in [0, 0.05) is 7.11 Å². The molecule has 1 aromatic rings. The number of nitrogens with zero attached hydrogens (tertiary/aromatic N) is 2. The van der Waals surface area contributed by atoms with Crippen LogP contribution in [0.3, 0.4) is 0 Å². The number of nitrogens with two attached hydrogens (primary N) is 1. The van der Waals surface area contributed by atoms with Gasteiger partial charge >= 0.3 is 0 Å². The van der Waals surface area contributed by atoms with Crippen LogP contribution in [0.2, 0.25) is 0 Å². The van der Waals surface area contributed by atoms with Crippen molar-refractivity contribution in [2.75, 3.05) is 13.7 Å². The third kappa shape index (κ3) is 5.22. The quantitative estimate of drug-likeness (QED) is 0.393. The van der Waals surface area contributed by atoms with E-state index in [0.717, 1.165) is 23.1 Å². The minimum Gasteiger partial charge on any atom is -0.383 e. The third-order valence-electron chi connectivity index (χ3n) is 3.22. The number of nitrogens with one attached hydrogen (secondary N) is 1. The Kier molecular flexibility index (Phi) is 8.29. The predicted molar refractivity (Wildman–Crippen MR) is 80.6 cm³/mol. The van der Waals surface area contributed by atoms with E-state index in [0.29, 0.717) is 6.61 Å². The second-order valence-electron chi connectivity index (χ2n) is 4.66. The fraction of sp³-hybridized carbons (Fsp3) is 0.769. The summed E-state index contributed by atoms with van der Waals surface area (Å²) in [5.41, 5.74) is 4.01. The molecular formula is C13H25BrN4O. The first-order valence-electron chi connectivity index (χ1n) is 6.90. The zero-order valence-corrected chi connectivity index (χ0v) is 13.4. The van der Waals surface area contributed by atoms with E-state index < -0.39 is 0 Å². The Morgan fingerprint density at radius 3 is 2.89 bits per heavy atom. The van der Waals surface area contributed by atoms with Crippen LogP contribution < -0.4 is 11.3 Å². The second kappa shape index (κ2) is 9.47. The van der Waals surface area contributed by atoms with E-state index in [4.69, 9.17) is 10.6 Å². The lowest BCUT2D eigenvalue weighted by Crippen LogP contribution is -2.30. The Balaban J connectivity index is 2.65. The summed E-state index contributed by atoms with van der Waals surface area (Å²) in [5.74, 6) is 5.70. The van der Waals surface area contributed by atoms with Crippen molar-refractivity contribution in [2.24, 2.45) is 5.84 Å². The number of hydrogen-bond acceptors (Lipinski definition) is 4. The zero-order chi connectivity index (χ0) is 14.1. The van der Waals surface area contributed by atoms with Crippen LogP contribution in [-0.2, 0) is 11.3 Å². The number of methoxy groups -OCH3 is 1. The van der Waals surface area contributed by atoms with E-state index in [1.54, 1.807) is 7.11 Å². The summed E-state index contributed by atoms with van der Waals surface area (Å²) in [5, 5.41) is 4.36. The van der Waals surface area contributed by atoms with Gasteiger partial charge in [0.15, 0.2) is 0 Å². The van der Waals surface area contributed by atoms with Crippen LogP contribution in [-0.4, -0.2) is 23.5 Å². The summed E-state index contributed by atoms with van der Waals surface area (Å²) >= 11 is 3.55. The number of aromatic nitrogens is 2. The van der Waals surface area contributed by atoms with E-state index in [1.807, 2.05) is 10.9 Å². The summed E-state index contributed by atoms with van der Waals surface area (Å²) in [6.45, 7) is 3.61. The monoisotopic (exact) mass is 332 g/mol. The van der Waals surface area contributed by atoms with Crippen molar-refractivity contribution in [1.82, 2.24) is 15.2 Å². The summed E-state index contributed by atoms with van der Waals surface area (Å²) in [7, 11) is 1.70. The molecule has 0 saturated heterocycles. The first-order chi connectivity index (χ1) is 9.24. The number of hydrogen-bond donors (Lipinski definition) is 2. The molecule has 19 heavy (non-hydrogen) atoms. The average molecular weight is 333 g/mol. The van der Waals surface area contributed by atoms with Crippen molar-refractivity contribution in [1.29, 1.82) is 0 Å². The number of hydrazine groups is 1. The van der Waals surface area contributed by atoms with Gasteiger partial charge in [-0.2, -0.15) is 5.10 Å². The molecule has 0 amide bonds. The normalized spacial score (nSPS) is 12.8. The standard InChI is InChI=1S/C13H25BrN4O/c1-3-4-5-6-7-12(17-15)13-11(14)10-16-18(13)8-9-19-2/h10,12,17H,3-9,15H2,1-2H3. The van der Waals surface area contributed by atoms with Crippen LogP contribution in [0.5, 0.6) is 0 Å². The number of rotatable bonds is 10. The molecule has 110 valence electrons. The molecule has 5 nitrogen and oxygen atoms in total. The molecule has 0 radical (unpaired) electrons. The Hall–Kier alpha value is -0.430. The first kappa shape index (κ1) is 16.6. The fourth-order valence-corrected chi connectivity index (χ4v) is 2.72.